The lowest BCUT2D eigenvalue weighted by Crippen LogP contribution is -2.31. The van der Waals surface area contributed by atoms with Crippen molar-refractivity contribution in [3.05, 3.63) is 34.9 Å². The normalized spacial score (nSPS) is 12.0. The minimum atomic E-state index is -3.67. The molecule has 1 heterocycles. The summed E-state index contributed by atoms with van der Waals surface area (Å²) in [6, 6.07) is 7.29. The predicted molar refractivity (Wildman–Crippen MR) is 73.8 cm³/mol. The van der Waals surface area contributed by atoms with Crippen LogP contribution in [-0.4, -0.2) is 46.5 Å². The second-order valence-electron chi connectivity index (χ2n) is 4.29. The van der Waals surface area contributed by atoms with E-state index in [-0.39, 0.29) is 5.16 Å². The van der Waals surface area contributed by atoms with E-state index in [1.54, 1.807) is 12.1 Å². The maximum atomic E-state index is 12.2. The van der Waals surface area contributed by atoms with Crippen LogP contribution >= 0.6 is 11.6 Å². The third-order valence-corrected chi connectivity index (χ3v) is 4.91. The summed E-state index contributed by atoms with van der Waals surface area (Å²) in [6.07, 6.45) is 0.582. The van der Waals surface area contributed by atoms with Crippen LogP contribution in [0.4, 0.5) is 0 Å². The predicted octanol–water partition coefficient (Wildman–Crippen LogP) is 0.727. The van der Waals surface area contributed by atoms with Crippen LogP contribution in [0.1, 0.15) is 5.56 Å². The average molecular weight is 316 g/mol. The first-order chi connectivity index (χ1) is 9.41. The molecule has 0 saturated carbocycles. The molecule has 0 N–H and O–H groups in total. The van der Waals surface area contributed by atoms with Gasteiger partial charge in [-0.15, -0.1) is 0 Å². The Morgan fingerprint density at radius 3 is 2.50 bits per heavy atom. The largest absolute Gasteiger partial charge is 0.282 e. The van der Waals surface area contributed by atoms with Crippen molar-refractivity contribution in [1.82, 2.24) is 24.5 Å². The molecule has 1 aromatic heterocycles. The van der Waals surface area contributed by atoms with Crippen molar-refractivity contribution in [2.45, 2.75) is 11.6 Å². The Kier molecular flexibility index (Phi) is 4.36. The van der Waals surface area contributed by atoms with Gasteiger partial charge in [0.15, 0.2) is 0 Å². The molecule has 0 aliphatic carbocycles. The van der Waals surface area contributed by atoms with Gasteiger partial charge in [-0.05, 0) is 34.5 Å². The van der Waals surface area contributed by atoms with E-state index in [1.165, 1.54) is 18.4 Å². The second-order valence-corrected chi connectivity index (χ2v) is 6.66. The molecular weight excluding hydrogens is 302 g/mol. The molecule has 2 rings (SSSR count). The van der Waals surface area contributed by atoms with Gasteiger partial charge in [-0.25, -0.2) is 13.1 Å². The summed E-state index contributed by atoms with van der Waals surface area (Å²) in [5.74, 6) is 0. The Labute approximate surface area is 122 Å². The van der Waals surface area contributed by atoms with Crippen LogP contribution in [0.2, 0.25) is 5.02 Å². The third-order valence-electron chi connectivity index (χ3n) is 2.85. The molecule has 0 fully saturated rings. The molecule has 0 amide bonds. The lowest BCUT2D eigenvalue weighted by molar-refractivity contribution is 0.458. The third kappa shape index (κ3) is 3.14. The topological polar surface area (TPSA) is 81.0 Å². The van der Waals surface area contributed by atoms with Crippen molar-refractivity contribution in [2.75, 3.05) is 13.6 Å². The van der Waals surface area contributed by atoms with Crippen molar-refractivity contribution in [3.63, 3.8) is 0 Å². The fourth-order valence-electron chi connectivity index (χ4n) is 1.64. The van der Waals surface area contributed by atoms with Gasteiger partial charge in [0.2, 0.25) is 0 Å². The summed E-state index contributed by atoms with van der Waals surface area (Å²) in [5, 5.41) is 10.9. The Morgan fingerprint density at radius 1 is 1.30 bits per heavy atom. The highest BCUT2D eigenvalue weighted by molar-refractivity contribution is 7.88. The molecule has 0 bridgehead atoms. The van der Waals surface area contributed by atoms with Gasteiger partial charge in [0.25, 0.3) is 15.2 Å². The zero-order valence-electron chi connectivity index (χ0n) is 11.1. The molecule has 1 aromatic carbocycles. The fourth-order valence-corrected chi connectivity index (χ4v) is 2.88. The van der Waals surface area contributed by atoms with E-state index in [1.807, 2.05) is 12.1 Å². The number of halogens is 1. The SMILES string of the molecule is CN(CCc1ccc(Cl)cc1)S(=O)(=O)c1nnnn1C. The van der Waals surface area contributed by atoms with Crippen LogP contribution < -0.4 is 0 Å². The van der Waals surface area contributed by atoms with Crippen LogP contribution in [0.25, 0.3) is 0 Å². The molecule has 20 heavy (non-hydrogen) atoms. The highest BCUT2D eigenvalue weighted by Crippen LogP contribution is 2.13. The van der Waals surface area contributed by atoms with Crippen LogP contribution in [0.3, 0.4) is 0 Å². The fraction of sp³-hybridized carbons (Fsp3) is 0.364. The van der Waals surface area contributed by atoms with Crippen LogP contribution in [0, 0.1) is 0 Å². The number of benzene rings is 1. The summed E-state index contributed by atoms with van der Waals surface area (Å²) in [7, 11) is -0.685. The van der Waals surface area contributed by atoms with E-state index in [0.717, 1.165) is 10.2 Å². The standard InChI is InChI=1S/C11H14ClN5O2S/c1-16(8-7-9-3-5-10(12)6-4-9)20(18,19)11-13-14-15-17(11)2/h3-6H,7-8H2,1-2H3. The van der Waals surface area contributed by atoms with E-state index < -0.39 is 10.0 Å². The first-order valence-corrected chi connectivity index (χ1v) is 7.66. The van der Waals surface area contributed by atoms with Crippen molar-refractivity contribution in [3.8, 4) is 0 Å². The second kappa shape index (κ2) is 5.86. The summed E-state index contributed by atoms with van der Waals surface area (Å²) >= 11 is 5.80. The summed E-state index contributed by atoms with van der Waals surface area (Å²) in [4.78, 5) is 0. The molecule has 108 valence electrons. The quantitative estimate of drug-likeness (QED) is 0.812. The molecule has 2 aromatic rings. The zero-order chi connectivity index (χ0) is 14.8. The van der Waals surface area contributed by atoms with Gasteiger partial charge < -0.3 is 0 Å². The molecule has 0 unspecified atom stereocenters. The highest BCUT2D eigenvalue weighted by atomic mass is 35.5. The number of aromatic nitrogens is 4. The van der Waals surface area contributed by atoms with Gasteiger partial charge >= 0.3 is 0 Å². The van der Waals surface area contributed by atoms with E-state index in [4.69, 9.17) is 11.6 Å². The molecule has 0 aliphatic heterocycles. The van der Waals surface area contributed by atoms with Gasteiger partial charge in [0.1, 0.15) is 0 Å². The lowest BCUT2D eigenvalue weighted by Gasteiger charge is -2.15. The molecule has 0 radical (unpaired) electrons. The maximum Gasteiger partial charge on any atom is 0.282 e. The van der Waals surface area contributed by atoms with Crippen molar-refractivity contribution >= 4 is 21.6 Å². The van der Waals surface area contributed by atoms with E-state index in [2.05, 4.69) is 15.5 Å². The van der Waals surface area contributed by atoms with Gasteiger partial charge in [0, 0.05) is 25.7 Å². The monoisotopic (exact) mass is 315 g/mol. The molecule has 0 saturated heterocycles. The molecule has 7 nitrogen and oxygen atoms in total. The van der Waals surface area contributed by atoms with Crippen LogP contribution in [0.15, 0.2) is 29.4 Å². The zero-order valence-corrected chi connectivity index (χ0v) is 12.6. The molecule has 0 aliphatic rings. The summed E-state index contributed by atoms with van der Waals surface area (Å²) in [6.45, 7) is 0.330. The number of aryl methyl sites for hydroxylation is 1. The Morgan fingerprint density at radius 2 is 1.95 bits per heavy atom. The number of sulfonamides is 1. The molecule has 9 heteroatoms. The highest BCUT2D eigenvalue weighted by Gasteiger charge is 2.26. The van der Waals surface area contributed by atoms with Gasteiger partial charge in [-0.2, -0.15) is 4.31 Å². The van der Waals surface area contributed by atoms with E-state index >= 15 is 0 Å². The van der Waals surface area contributed by atoms with Crippen molar-refractivity contribution in [2.24, 2.45) is 7.05 Å². The lowest BCUT2D eigenvalue weighted by atomic mass is 10.1. The van der Waals surface area contributed by atoms with E-state index in [0.29, 0.717) is 18.0 Å². The summed E-state index contributed by atoms with van der Waals surface area (Å²) in [5.41, 5.74) is 1.01. The van der Waals surface area contributed by atoms with Crippen molar-refractivity contribution in [1.29, 1.82) is 0 Å². The van der Waals surface area contributed by atoms with E-state index in [9.17, 15) is 8.42 Å². The minimum absolute atomic E-state index is 0.170. The minimum Gasteiger partial charge on any atom is -0.218 e. The number of likely N-dealkylation sites (N-methyl/N-ethyl adjacent to an activating group) is 1. The number of rotatable bonds is 5. The van der Waals surface area contributed by atoms with Gasteiger partial charge in [0.05, 0.1) is 0 Å². The Balaban J connectivity index is 2.07. The smallest absolute Gasteiger partial charge is 0.218 e. The number of hydrogen-bond acceptors (Lipinski definition) is 5. The van der Waals surface area contributed by atoms with Crippen molar-refractivity contribution < 1.29 is 8.42 Å². The molecule has 0 spiro atoms. The molecular formula is C11H14ClN5O2S. The number of hydrogen-bond donors (Lipinski definition) is 0. The summed E-state index contributed by atoms with van der Waals surface area (Å²) < 4.78 is 26.8. The average Bonchev–Trinajstić information content (AvgIpc) is 2.84. The molecule has 0 atom stereocenters. The maximum absolute atomic E-state index is 12.2. The first-order valence-electron chi connectivity index (χ1n) is 5.84. The van der Waals surface area contributed by atoms with Gasteiger partial charge in [-0.1, -0.05) is 28.8 Å². The Bertz CT molecular complexity index is 683. The Hall–Kier alpha value is -1.51. The first kappa shape index (κ1) is 14.9. The van der Waals surface area contributed by atoms with Gasteiger partial charge in [-0.3, -0.25) is 0 Å². The van der Waals surface area contributed by atoms with Crippen LogP contribution in [-0.2, 0) is 23.5 Å². The van der Waals surface area contributed by atoms with Crippen LogP contribution in [0.5, 0.6) is 0 Å². The number of tetrazole rings is 1. The number of nitrogens with zero attached hydrogens (tertiary/aromatic N) is 5.